The van der Waals surface area contributed by atoms with Crippen LogP contribution in [0.1, 0.15) is 43.5 Å². The van der Waals surface area contributed by atoms with Crippen LogP contribution in [0.3, 0.4) is 0 Å². The quantitative estimate of drug-likeness (QED) is 0.810. The standard InChI is InChI=1S/C19H22ClNO3/c1-19(2)14-6-3-12(16(19)11-14)9-10-24-18(23)21-17(22)13-4-7-15(20)8-5-13/h3-5,7-8,14,16H,6,9-11H2,1-2H3,(H,21,22,23)/t14-,16+/m0/s1. The highest BCUT2D eigenvalue weighted by Gasteiger charge is 2.50. The molecule has 1 saturated carbocycles. The average Bonchev–Trinajstić information content (AvgIpc) is 2.55. The summed E-state index contributed by atoms with van der Waals surface area (Å²) < 4.78 is 5.16. The second-order valence-electron chi connectivity index (χ2n) is 7.17. The Bertz CT molecular complexity index is 678. The Hall–Kier alpha value is -1.81. The SMILES string of the molecule is CC1(C)[C@H]2CC=C(CCOC(=O)NC(=O)c3ccc(Cl)cc3)[C@H]1C2. The van der Waals surface area contributed by atoms with E-state index in [0.717, 1.165) is 18.8 Å². The molecule has 0 unspecified atom stereocenters. The number of hydrogen-bond donors (Lipinski definition) is 1. The minimum atomic E-state index is -0.711. The van der Waals surface area contributed by atoms with Gasteiger partial charge in [-0.05, 0) is 54.4 Å². The van der Waals surface area contributed by atoms with E-state index in [1.807, 2.05) is 0 Å². The number of alkyl carbamates (subject to hydrolysis) is 1. The van der Waals surface area contributed by atoms with Crippen LogP contribution in [0.2, 0.25) is 5.02 Å². The van der Waals surface area contributed by atoms with Crippen LogP contribution < -0.4 is 5.32 Å². The molecule has 5 heteroatoms. The molecule has 128 valence electrons. The Labute approximate surface area is 147 Å². The number of allylic oxidation sites excluding steroid dienone is 1. The molecule has 4 nitrogen and oxygen atoms in total. The predicted octanol–water partition coefficient (Wildman–Crippen LogP) is 4.59. The van der Waals surface area contributed by atoms with E-state index in [9.17, 15) is 9.59 Å². The zero-order chi connectivity index (χ0) is 17.3. The molecule has 0 saturated heterocycles. The molecule has 1 fully saturated rings. The van der Waals surface area contributed by atoms with Gasteiger partial charge in [-0.2, -0.15) is 0 Å². The number of hydrogen-bond acceptors (Lipinski definition) is 3. The zero-order valence-electron chi connectivity index (χ0n) is 14.0. The topological polar surface area (TPSA) is 55.4 Å². The van der Waals surface area contributed by atoms with Crippen molar-refractivity contribution in [2.24, 2.45) is 17.3 Å². The zero-order valence-corrected chi connectivity index (χ0v) is 14.7. The van der Waals surface area contributed by atoms with E-state index in [4.69, 9.17) is 16.3 Å². The van der Waals surface area contributed by atoms with Crippen LogP contribution in [-0.4, -0.2) is 18.6 Å². The van der Waals surface area contributed by atoms with Crippen molar-refractivity contribution < 1.29 is 14.3 Å². The number of halogens is 1. The third-order valence-corrected chi connectivity index (χ3v) is 5.78. The molecule has 0 heterocycles. The Balaban J connectivity index is 1.44. The van der Waals surface area contributed by atoms with Gasteiger partial charge in [-0.1, -0.05) is 37.1 Å². The van der Waals surface area contributed by atoms with Crippen LogP contribution in [0.25, 0.3) is 0 Å². The summed E-state index contributed by atoms with van der Waals surface area (Å²) in [4.78, 5) is 23.7. The first kappa shape index (κ1) is 17.0. The van der Waals surface area contributed by atoms with Crippen molar-refractivity contribution >= 4 is 23.6 Å². The van der Waals surface area contributed by atoms with Crippen molar-refractivity contribution in [3.05, 3.63) is 46.5 Å². The maximum Gasteiger partial charge on any atom is 0.414 e. The van der Waals surface area contributed by atoms with E-state index in [2.05, 4.69) is 25.2 Å². The smallest absolute Gasteiger partial charge is 0.414 e. The molecule has 3 aliphatic carbocycles. The molecule has 0 aliphatic heterocycles. The maximum absolute atomic E-state index is 11.9. The number of fused-ring (bicyclic) bond motifs is 1. The second kappa shape index (κ2) is 6.60. The molecule has 2 amide bonds. The first-order chi connectivity index (χ1) is 11.4. The Morgan fingerprint density at radius 3 is 2.62 bits per heavy atom. The molecular weight excluding hydrogens is 326 g/mol. The minimum absolute atomic E-state index is 0.294. The van der Waals surface area contributed by atoms with Crippen molar-refractivity contribution in [3.8, 4) is 0 Å². The molecular formula is C19H22ClNO3. The van der Waals surface area contributed by atoms with Crippen LogP contribution in [0.15, 0.2) is 35.9 Å². The third-order valence-electron chi connectivity index (χ3n) is 5.53. The van der Waals surface area contributed by atoms with E-state index in [1.165, 1.54) is 12.0 Å². The lowest BCUT2D eigenvalue weighted by molar-refractivity contribution is -0.00968. The number of imide groups is 1. The first-order valence-corrected chi connectivity index (χ1v) is 8.68. The number of amides is 2. The van der Waals surface area contributed by atoms with E-state index in [-0.39, 0.29) is 0 Å². The van der Waals surface area contributed by atoms with E-state index in [1.54, 1.807) is 24.3 Å². The van der Waals surface area contributed by atoms with Crippen LogP contribution >= 0.6 is 11.6 Å². The number of benzene rings is 1. The molecule has 2 bridgehead atoms. The normalized spacial score (nSPS) is 23.7. The van der Waals surface area contributed by atoms with Gasteiger partial charge in [-0.15, -0.1) is 0 Å². The third kappa shape index (κ3) is 3.34. The van der Waals surface area contributed by atoms with Crippen molar-refractivity contribution in [2.45, 2.75) is 33.1 Å². The van der Waals surface area contributed by atoms with Crippen molar-refractivity contribution in [1.29, 1.82) is 0 Å². The molecule has 1 aromatic rings. The lowest BCUT2D eigenvalue weighted by Crippen LogP contribution is -2.48. The number of carbonyl (C=O) groups excluding carboxylic acids is 2. The Morgan fingerprint density at radius 2 is 2.00 bits per heavy atom. The van der Waals surface area contributed by atoms with Gasteiger partial charge in [0, 0.05) is 17.0 Å². The summed E-state index contributed by atoms with van der Waals surface area (Å²) in [5.74, 6) is 0.919. The minimum Gasteiger partial charge on any atom is -0.449 e. The van der Waals surface area contributed by atoms with Gasteiger partial charge in [0.1, 0.15) is 0 Å². The summed E-state index contributed by atoms with van der Waals surface area (Å²) in [6.07, 6.45) is 4.70. The predicted molar refractivity (Wildman–Crippen MR) is 93.0 cm³/mol. The lowest BCUT2D eigenvalue weighted by atomic mass is 9.48. The fraction of sp³-hybridized carbons (Fsp3) is 0.474. The molecule has 24 heavy (non-hydrogen) atoms. The molecule has 0 aromatic heterocycles. The van der Waals surface area contributed by atoms with Gasteiger partial charge in [0.15, 0.2) is 0 Å². The molecule has 1 aromatic carbocycles. The largest absolute Gasteiger partial charge is 0.449 e. The first-order valence-electron chi connectivity index (χ1n) is 8.30. The van der Waals surface area contributed by atoms with Crippen molar-refractivity contribution in [3.63, 3.8) is 0 Å². The van der Waals surface area contributed by atoms with Gasteiger partial charge in [-0.25, -0.2) is 4.79 Å². The van der Waals surface area contributed by atoms with Crippen molar-refractivity contribution in [2.75, 3.05) is 6.61 Å². The monoisotopic (exact) mass is 347 g/mol. The van der Waals surface area contributed by atoms with Crippen LogP contribution in [0.4, 0.5) is 4.79 Å². The summed E-state index contributed by atoms with van der Waals surface area (Å²) in [7, 11) is 0. The molecule has 2 atom stereocenters. The van der Waals surface area contributed by atoms with E-state index >= 15 is 0 Å². The Kier molecular flexibility index (Phi) is 4.68. The number of nitrogens with one attached hydrogen (secondary N) is 1. The van der Waals surface area contributed by atoms with E-state index < -0.39 is 12.0 Å². The summed E-state index contributed by atoms with van der Waals surface area (Å²) in [5, 5.41) is 2.77. The van der Waals surface area contributed by atoms with Gasteiger partial charge >= 0.3 is 6.09 Å². The van der Waals surface area contributed by atoms with Gasteiger partial charge in [0.05, 0.1) is 6.61 Å². The van der Waals surface area contributed by atoms with Crippen LogP contribution in [0, 0.1) is 17.3 Å². The molecule has 0 radical (unpaired) electrons. The van der Waals surface area contributed by atoms with Crippen molar-refractivity contribution in [1.82, 2.24) is 5.32 Å². The summed E-state index contributed by atoms with van der Waals surface area (Å²) >= 11 is 5.77. The molecule has 3 aliphatic rings. The molecule has 1 N–H and O–H groups in total. The summed E-state index contributed by atoms with van der Waals surface area (Å²) in [6, 6.07) is 6.33. The lowest BCUT2D eigenvalue weighted by Gasteiger charge is -2.56. The van der Waals surface area contributed by atoms with Crippen LogP contribution in [-0.2, 0) is 4.74 Å². The highest BCUT2D eigenvalue weighted by atomic mass is 35.5. The van der Waals surface area contributed by atoms with Gasteiger partial charge < -0.3 is 4.74 Å². The number of ether oxygens (including phenoxy) is 1. The molecule has 0 spiro atoms. The fourth-order valence-corrected chi connectivity index (χ4v) is 3.95. The highest BCUT2D eigenvalue weighted by molar-refractivity contribution is 6.30. The van der Waals surface area contributed by atoms with Gasteiger partial charge in [0.2, 0.25) is 0 Å². The van der Waals surface area contributed by atoms with Crippen LogP contribution in [0.5, 0.6) is 0 Å². The van der Waals surface area contributed by atoms with Gasteiger partial charge in [0.25, 0.3) is 5.91 Å². The summed E-state index contributed by atoms with van der Waals surface area (Å²) in [6.45, 7) is 4.93. The fourth-order valence-electron chi connectivity index (χ4n) is 3.82. The Morgan fingerprint density at radius 1 is 1.29 bits per heavy atom. The molecule has 4 rings (SSSR count). The van der Waals surface area contributed by atoms with E-state index in [0.29, 0.717) is 28.5 Å². The maximum atomic E-state index is 11.9. The number of rotatable bonds is 4. The highest BCUT2D eigenvalue weighted by Crippen LogP contribution is 2.59. The average molecular weight is 348 g/mol. The van der Waals surface area contributed by atoms with Gasteiger partial charge in [-0.3, -0.25) is 10.1 Å². The number of carbonyl (C=O) groups is 2. The summed E-state index contributed by atoms with van der Waals surface area (Å²) in [5.41, 5.74) is 2.13. The second-order valence-corrected chi connectivity index (χ2v) is 7.60.